The van der Waals surface area contributed by atoms with E-state index in [1.54, 1.807) is 6.07 Å². The molecule has 0 radical (unpaired) electrons. The number of primary amides is 1. The molecule has 5 nitrogen and oxygen atoms in total. The third-order valence-electron chi connectivity index (χ3n) is 5.74. The van der Waals surface area contributed by atoms with Crippen LogP contribution in [0.1, 0.15) is 56.6 Å². The standard InChI is InChI=1S/C21H29FN2O3/c1-14(2)13-27-20(26)21(19(23)25)10-17(11-21)15-5-6-16(18(22)9-15)12-24-7-3-4-8-24/h5-6,9,14,17H,3-4,7-8,10-13H2,1-2H3,(H2,23,25). The Bertz CT molecular complexity index is 707. The van der Waals surface area contributed by atoms with Crippen LogP contribution in [-0.2, 0) is 20.9 Å². The van der Waals surface area contributed by atoms with Gasteiger partial charge in [-0.05, 0) is 62.2 Å². The van der Waals surface area contributed by atoms with E-state index in [2.05, 4.69) is 4.90 Å². The highest BCUT2D eigenvalue weighted by Crippen LogP contribution is 2.52. The molecule has 6 heteroatoms. The molecule has 1 aliphatic heterocycles. The Hall–Kier alpha value is -1.95. The molecule has 1 amide bonds. The summed E-state index contributed by atoms with van der Waals surface area (Å²) in [4.78, 5) is 26.6. The van der Waals surface area contributed by atoms with Gasteiger partial charge in [0.1, 0.15) is 11.2 Å². The molecule has 1 aromatic carbocycles. The molecule has 0 spiro atoms. The number of nitrogens with zero attached hydrogens (tertiary/aromatic N) is 1. The van der Waals surface area contributed by atoms with Gasteiger partial charge in [-0.1, -0.05) is 26.0 Å². The molecule has 0 atom stereocenters. The minimum absolute atomic E-state index is 0.0561. The molecule has 0 aromatic heterocycles. The molecule has 148 valence electrons. The lowest BCUT2D eigenvalue weighted by Gasteiger charge is -2.43. The maximum atomic E-state index is 14.5. The molecule has 1 aliphatic carbocycles. The van der Waals surface area contributed by atoms with Gasteiger partial charge < -0.3 is 10.5 Å². The lowest BCUT2D eigenvalue weighted by atomic mass is 9.59. The number of likely N-dealkylation sites (tertiary alicyclic amines) is 1. The zero-order chi connectivity index (χ0) is 19.6. The fraction of sp³-hybridized carbons (Fsp3) is 0.619. The molecular weight excluding hydrogens is 347 g/mol. The summed E-state index contributed by atoms with van der Waals surface area (Å²) < 4.78 is 19.8. The van der Waals surface area contributed by atoms with Gasteiger partial charge >= 0.3 is 5.97 Å². The molecule has 1 saturated heterocycles. The summed E-state index contributed by atoms with van der Waals surface area (Å²) in [5.41, 5.74) is 5.74. The number of rotatable bonds is 7. The molecule has 0 bridgehead atoms. The smallest absolute Gasteiger partial charge is 0.321 e. The first-order valence-corrected chi connectivity index (χ1v) is 9.79. The highest BCUT2D eigenvalue weighted by Gasteiger charge is 2.56. The highest BCUT2D eigenvalue weighted by atomic mass is 19.1. The second kappa shape index (κ2) is 7.97. The van der Waals surface area contributed by atoms with Crippen molar-refractivity contribution >= 4 is 11.9 Å². The second-order valence-corrected chi connectivity index (χ2v) is 8.38. The van der Waals surface area contributed by atoms with Crippen LogP contribution in [0.25, 0.3) is 0 Å². The third kappa shape index (κ3) is 4.15. The summed E-state index contributed by atoms with van der Waals surface area (Å²) in [5, 5.41) is 0. The van der Waals surface area contributed by atoms with Crippen molar-refractivity contribution in [2.45, 2.75) is 52.0 Å². The quantitative estimate of drug-likeness (QED) is 0.587. The molecule has 2 fully saturated rings. The summed E-state index contributed by atoms with van der Waals surface area (Å²) in [6.07, 6.45) is 2.90. The van der Waals surface area contributed by atoms with Gasteiger partial charge in [0, 0.05) is 12.1 Å². The van der Waals surface area contributed by atoms with Crippen molar-refractivity contribution in [1.82, 2.24) is 4.90 Å². The lowest BCUT2D eigenvalue weighted by Crippen LogP contribution is -2.53. The number of halogens is 1. The van der Waals surface area contributed by atoms with Crippen molar-refractivity contribution in [2.75, 3.05) is 19.7 Å². The summed E-state index contributed by atoms with van der Waals surface area (Å²) >= 11 is 0. The molecule has 27 heavy (non-hydrogen) atoms. The number of hydrogen-bond acceptors (Lipinski definition) is 4. The molecule has 2 N–H and O–H groups in total. The summed E-state index contributed by atoms with van der Waals surface area (Å²) in [6, 6.07) is 5.27. The average molecular weight is 376 g/mol. The van der Waals surface area contributed by atoms with Crippen LogP contribution in [0.4, 0.5) is 4.39 Å². The minimum atomic E-state index is -1.27. The minimum Gasteiger partial charge on any atom is -0.465 e. The van der Waals surface area contributed by atoms with Gasteiger partial charge in [0.05, 0.1) is 6.61 Å². The highest BCUT2D eigenvalue weighted by molar-refractivity contribution is 6.03. The third-order valence-corrected chi connectivity index (χ3v) is 5.74. The number of carbonyl (C=O) groups is 2. The van der Waals surface area contributed by atoms with E-state index < -0.39 is 17.3 Å². The monoisotopic (exact) mass is 376 g/mol. The first-order valence-electron chi connectivity index (χ1n) is 9.79. The molecule has 2 aliphatic rings. The van der Waals surface area contributed by atoms with Gasteiger partial charge in [-0.15, -0.1) is 0 Å². The summed E-state index contributed by atoms with van der Waals surface area (Å²) in [6.45, 7) is 6.79. The van der Waals surface area contributed by atoms with Crippen LogP contribution in [0.5, 0.6) is 0 Å². The van der Waals surface area contributed by atoms with Crippen LogP contribution in [0.2, 0.25) is 0 Å². The van der Waals surface area contributed by atoms with Crippen molar-refractivity contribution in [3.63, 3.8) is 0 Å². The molecular formula is C21H29FN2O3. The van der Waals surface area contributed by atoms with Gasteiger partial charge in [-0.2, -0.15) is 0 Å². The van der Waals surface area contributed by atoms with Gasteiger partial charge in [0.15, 0.2) is 0 Å². The summed E-state index contributed by atoms with van der Waals surface area (Å²) in [7, 11) is 0. The number of hydrogen-bond donors (Lipinski definition) is 1. The number of benzene rings is 1. The normalized spacial score (nSPS) is 25.4. The number of amides is 1. The van der Waals surface area contributed by atoms with Crippen LogP contribution in [0.3, 0.4) is 0 Å². The zero-order valence-corrected chi connectivity index (χ0v) is 16.2. The maximum absolute atomic E-state index is 14.5. The van der Waals surface area contributed by atoms with Crippen LogP contribution >= 0.6 is 0 Å². The van der Waals surface area contributed by atoms with E-state index >= 15 is 0 Å². The largest absolute Gasteiger partial charge is 0.465 e. The Kier molecular flexibility index (Phi) is 5.84. The Morgan fingerprint density at radius 1 is 1.30 bits per heavy atom. The van der Waals surface area contributed by atoms with E-state index in [-0.39, 0.29) is 37.1 Å². The van der Waals surface area contributed by atoms with E-state index in [0.29, 0.717) is 12.1 Å². The van der Waals surface area contributed by atoms with Crippen molar-refractivity contribution in [2.24, 2.45) is 17.1 Å². The van der Waals surface area contributed by atoms with Gasteiger partial charge in [0.25, 0.3) is 0 Å². The molecule has 1 aromatic rings. The van der Waals surface area contributed by atoms with Crippen LogP contribution < -0.4 is 5.73 Å². The average Bonchev–Trinajstić information content (AvgIpc) is 3.07. The maximum Gasteiger partial charge on any atom is 0.321 e. The van der Waals surface area contributed by atoms with Crippen LogP contribution in [0, 0.1) is 17.2 Å². The number of ether oxygens (including phenoxy) is 1. The van der Waals surface area contributed by atoms with Crippen molar-refractivity contribution < 1.29 is 18.7 Å². The van der Waals surface area contributed by atoms with E-state index in [0.717, 1.165) is 18.7 Å². The Morgan fingerprint density at radius 2 is 1.96 bits per heavy atom. The van der Waals surface area contributed by atoms with E-state index in [1.165, 1.54) is 12.8 Å². The molecule has 0 unspecified atom stereocenters. The van der Waals surface area contributed by atoms with E-state index in [1.807, 2.05) is 26.0 Å². The zero-order valence-electron chi connectivity index (χ0n) is 16.2. The van der Waals surface area contributed by atoms with Crippen LogP contribution in [0.15, 0.2) is 18.2 Å². The van der Waals surface area contributed by atoms with Crippen LogP contribution in [-0.4, -0.2) is 36.5 Å². The lowest BCUT2D eigenvalue weighted by molar-refractivity contribution is -0.168. The molecule has 1 heterocycles. The number of esters is 1. The number of carbonyl (C=O) groups excluding carboxylic acids is 2. The predicted octanol–water partition coefficient (Wildman–Crippen LogP) is 2.97. The van der Waals surface area contributed by atoms with Gasteiger partial charge in [-0.3, -0.25) is 14.5 Å². The van der Waals surface area contributed by atoms with Gasteiger partial charge in [0.2, 0.25) is 5.91 Å². The topological polar surface area (TPSA) is 72.6 Å². The van der Waals surface area contributed by atoms with Crippen molar-refractivity contribution in [1.29, 1.82) is 0 Å². The fourth-order valence-corrected chi connectivity index (χ4v) is 3.99. The summed E-state index contributed by atoms with van der Waals surface area (Å²) in [5.74, 6) is -1.30. The molecule has 1 saturated carbocycles. The van der Waals surface area contributed by atoms with Crippen molar-refractivity contribution in [3.05, 3.63) is 35.1 Å². The Morgan fingerprint density at radius 3 is 2.52 bits per heavy atom. The Balaban J connectivity index is 1.65. The Labute approximate surface area is 160 Å². The first kappa shape index (κ1) is 19.8. The molecule has 3 rings (SSSR count). The fourth-order valence-electron chi connectivity index (χ4n) is 3.99. The predicted molar refractivity (Wildman–Crippen MR) is 100 cm³/mol. The first-order chi connectivity index (χ1) is 12.8. The van der Waals surface area contributed by atoms with E-state index in [4.69, 9.17) is 10.5 Å². The second-order valence-electron chi connectivity index (χ2n) is 8.38. The van der Waals surface area contributed by atoms with Crippen molar-refractivity contribution in [3.8, 4) is 0 Å². The SMILES string of the molecule is CC(C)COC(=O)C1(C(N)=O)CC(c2ccc(CN3CCCC3)c(F)c2)C1. The van der Waals surface area contributed by atoms with Gasteiger partial charge in [-0.25, -0.2) is 4.39 Å². The van der Waals surface area contributed by atoms with E-state index in [9.17, 15) is 14.0 Å². The number of nitrogens with two attached hydrogens (primary N) is 1.